The zero-order chi connectivity index (χ0) is 16.2. The SMILES string of the molecule is Cc1csc(N2CCC(NCC(O)c3ccc(F)cc3)CC2)n1. The van der Waals surface area contributed by atoms with Crippen LogP contribution in [0.3, 0.4) is 0 Å². The number of nitrogens with zero attached hydrogens (tertiary/aromatic N) is 2. The van der Waals surface area contributed by atoms with Gasteiger partial charge in [-0.1, -0.05) is 12.1 Å². The minimum atomic E-state index is -0.602. The van der Waals surface area contributed by atoms with Crippen LogP contribution in [0.5, 0.6) is 0 Å². The van der Waals surface area contributed by atoms with Crippen molar-refractivity contribution in [2.45, 2.75) is 31.9 Å². The van der Waals surface area contributed by atoms with Crippen molar-refractivity contribution in [1.82, 2.24) is 10.3 Å². The summed E-state index contributed by atoms with van der Waals surface area (Å²) in [7, 11) is 0. The van der Waals surface area contributed by atoms with Crippen LogP contribution in [0.25, 0.3) is 0 Å². The average molecular weight is 335 g/mol. The molecule has 2 N–H and O–H groups in total. The van der Waals surface area contributed by atoms with Gasteiger partial charge < -0.3 is 15.3 Å². The molecule has 0 saturated carbocycles. The third-order valence-electron chi connectivity index (χ3n) is 4.23. The number of aryl methyl sites for hydroxylation is 1. The Morgan fingerprint density at radius 2 is 2.04 bits per heavy atom. The van der Waals surface area contributed by atoms with Crippen LogP contribution < -0.4 is 10.2 Å². The second-order valence-corrected chi connectivity index (χ2v) is 6.84. The summed E-state index contributed by atoms with van der Waals surface area (Å²) in [5, 5.41) is 16.8. The quantitative estimate of drug-likeness (QED) is 0.882. The monoisotopic (exact) mass is 335 g/mol. The van der Waals surface area contributed by atoms with Crippen molar-refractivity contribution in [1.29, 1.82) is 0 Å². The first-order valence-electron chi connectivity index (χ1n) is 7.96. The first-order chi connectivity index (χ1) is 11.1. The van der Waals surface area contributed by atoms with E-state index in [1.807, 2.05) is 6.92 Å². The Hall–Kier alpha value is -1.50. The zero-order valence-electron chi connectivity index (χ0n) is 13.2. The van der Waals surface area contributed by atoms with Crippen molar-refractivity contribution in [2.24, 2.45) is 0 Å². The fraction of sp³-hybridized carbons (Fsp3) is 0.471. The van der Waals surface area contributed by atoms with E-state index in [9.17, 15) is 9.50 Å². The molecule has 23 heavy (non-hydrogen) atoms. The molecule has 124 valence electrons. The van der Waals surface area contributed by atoms with Gasteiger partial charge in [-0.15, -0.1) is 11.3 Å². The summed E-state index contributed by atoms with van der Waals surface area (Å²) in [6.45, 7) is 4.48. The molecular weight excluding hydrogens is 313 g/mol. The third kappa shape index (κ3) is 4.28. The Bertz CT molecular complexity index is 623. The number of rotatable bonds is 5. The van der Waals surface area contributed by atoms with Crippen LogP contribution in [0.4, 0.5) is 9.52 Å². The second kappa shape index (κ2) is 7.38. The van der Waals surface area contributed by atoms with Gasteiger partial charge in [-0.2, -0.15) is 0 Å². The normalized spacial score (nSPS) is 17.4. The highest BCUT2D eigenvalue weighted by Crippen LogP contribution is 2.24. The summed E-state index contributed by atoms with van der Waals surface area (Å²) in [6.07, 6.45) is 1.47. The summed E-state index contributed by atoms with van der Waals surface area (Å²) >= 11 is 1.70. The van der Waals surface area contributed by atoms with E-state index in [2.05, 4.69) is 20.6 Å². The van der Waals surface area contributed by atoms with Crippen LogP contribution >= 0.6 is 11.3 Å². The summed E-state index contributed by atoms with van der Waals surface area (Å²) in [6, 6.07) is 6.44. The molecule has 0 bridgehead atoms. The van der Waals surface area contributed by atoms with Crippen molar-refractivity contribution >= 4 is 16.5 Å². The lowest BCUT2D eigenvalue weighted by Crippen LogP contribution is -2.43. The number of aliphatic hydroxyl groups is 1. The van der Waals surface area contributed by atoms with E-state index in [1.54, 1.807) is 23.5 Å². The van der Waals surface area contributed by atoms with Crippen molar-refractivity contribution < 1.29 is 9.50 Å². The molecule has 1 aliphatic heterocycles. The lowest BCUT2D eigenvalue weighted by Gasteiger charge is -2.32. The fourth-order valence-corrected chi connectivity index (χ4v) is 3.70. The fourth-order valence-electron chi connectivity index (χ4n) is 2.84. The molecule has 0 amide bonds. The minimum Gasteiger partial charge on any atom is -0.387 e. The van der Waals surface area contributed by atoms with Crippen LogP contribution in [0.1, 0.15) is 30.2 Å². The number of hydrogen-bond donors (Lipinski definition) is 2. The minimum absolute atomic E-state index is 0.279. The molecule has 1 unspecified atom stereocenters. The van der Waals surface area contributed by atoms with E-state index >= 15 is 0 Å². The zero-order valence-corrected chi connectivity index (χ0v) is 14.0. The number of anilines is 1. The maximum absolute atomic E-state index is 12.9. The van der Waals surface area contributed by atoms with Gasteiger partial charge in [0.25, 0.3) is 0 Å². The summed E-state index contributed by atoms with van der Waals surface area (Å²) in [5.74, 6) is -0.279. The highest BCUT2D eigenvalue weighted by atomic mass is 32.1. The molecule has 3 rings (SSSR count). The van der Waals surface area contributed by atoms with Gasteiger partial charge in [0.05, 0.1) is 11.8 Å². The highest BCUT2D eigenvalue weighted by Gasteiger charge is 2.21. The molecule has 2 aromatic rings. The van der Waals surface area contributed by atoms with Gasteiger partial charge in [-0.3, -0.25) is 0 Å². The molecule has 6 heteroatoms. The van der Waals surface area contributed by atoms with Gasteiger partial charge in [0.2, 0.25) is 0 Å². The smallest absolute Gasteiger partial charge is 0.185 e. The topological polar surface area (TPSA) is 48.4 Å². The van der Waals surface area contributed by atoms with Crippen molar-refractivity contribution in [2.75, 3.05) is 24.5 Å². The van der Waals surface area contributed by atoms with Crippen molar-refractivity contribution in [3.8, 4) is 0 Å². The standard InChI is InChI=1S/C17H22FN3OS/c1-12-11-23-17(20-12)21-8-6-15(7-9-21)19-10-16(22)13-2-4-14(18)5-3-13/h2-5,11,15-16,19,22H,6-10H2,1H3. The number of halogens is 1. The molecule has 1 aromatic heterocycles. The van der Waals surface area contributed by atoms with Gasteiger partial charge in [-0.25, -0.2) is 9.37 Å². The molecule has 1 aromatic carbocycles. The summed E-state index contributed by atoms with van der Waals surface area (Å²) < 4.78 is 12.9. The first kappa shape index (κ1) is 16.4. The number of thiazole rings is 1. The van der Waals surface area contributed by atoms with Gasteiger partial charge in [-0.05, 0) is 37.5 Å². The van der Waals surface area contributed by atoms with Crippen LogP contribution in [0.2, 0.25) is 0 Å². The molecule has 0 radical (unpaired) electrons. The summed E-state index contributed by atoms with van der Waals surface area (Å²) in [5.41, 5.74) is 1.82. The third-order valence-corrected chi connectivity index (χ3v) is 5.25. The largest absolute Gasteiger partial charge is 0.387 e. The molecule has 2 heterocycles. The lowest BCUT2D eigenvalue weighted by molar-refractivity contribution is 0.167. The van der Waals surface area contributed by atoms with Crippen LogP contribution in [0.15, 0.2) is 29.6 Å². The molecule has 0 spiro atoms. The van der Waals surface area contributed by atoms with E-state index in [0.717, 1.165) is 42.3 Å². The number of piperidine rings is 1. The number of benzene rings is 1. The molecular formula is C17H22FN3OS. The molecule has 0 aliphatic carbocycles. The molecule has 1 atom stereocenters. The maximum atomic E-state index is 12.9. The van der Waals surface area contributed by atoms with Gasteiger partial charge in [0, 0.05) is 31.1 Å². The maximum Gasteiger partial charge on any atom is 0.185 e. The Morgan fingerprint density at radius 3 is 2.65 bits per heavy atom. The van der Waals surface area contributed by atoms with Crippen LogP contribution in [0, 0.1) is 12.7 Å². The molecule has 1 aliphatic rings. The average Bonchev–Trinajstić information content (AvgIpc) is 3.00. The number of aliphatic hydroxyl groups excluding tert-OH is 1. The number of hydrogen-bond acceptors (Lipinski definition) is 5. The van der Waals surface area contributed by atoms with Crippen LogP contribution in [-0.4, -0.2) is 35.8 Å². The van der Waals surface area contributed by atoms with Crippen LogP contribution in [-0.2, 0) is 0 Å². The predicted octanol–water partition coefficient (Wildman–Crippen LogP) is 2.88. The Balaban J connectivity index is 1.44. The molecule has 4 nitrogen and oxygen atoms in total. The Morgan fingerprint density at radius 1 is 1.35 bits per heavy atom. The van der Waals surface area contributed by atoms with E-state index < -0.39 is 6.10 Å². The Labute approximate surface area is 140 Å². The van der Waals surface area contributed by atoms with E-state index in [0.29, 0.717) is 12.6 Å². The van der Waals surface area contributed by atoms with E-state index in [-0.39, 0.29) is 5.82 Å². The Kier molecular flexibility index (Phi) is 5.25. The lowest BCUT2D eigenvalue weighted by atomic mass is 10.0. The predicted molar refractivity (Wildman–Crippen MR) is 91.4 cm³/mol. The molecule has 1 saturated heterocycles. The van der Waals surface area contributed by atoms with Gasteiger partial charge in [0.1, 0.15) is 5.82 Å². The van der Waals surface area contributed by atoms with Crippen molar-refractivity contribution in [3.05, 3.63) is 46.7 Å². The number of nitrogens with one attached hydrogen (secondary N) is 1. The second-order valence-electron chi connectivity index (χ2n) is 6.01. The first-order valence-corrected chi connectivity index (χ1v) is 8.84. The summed E-state index contributed by atoms with van der Waals surface area (Å²) in [4.78, 5) is 6.86. The van der Waals surface area contributed by atoms with E-state index in [1.165, 1.54) is 12.1 Å². The van der Waals surface area contributed by atoms with E-state index in [4.69, 9.17) is 0 Å². The van der Waals surface area contributed by atoms with Gasteiger partial charge in [0.15, 0.2) is 5.13 Å². The molecule has 1 fully saturated rings. The van der Waals surface area contributed by atoms with Gasteiger partial charge >= 0.3 is 0 Å². The van der Waals surface area contributed by atoms with Crippen molar-refractivity contribution in [3.63, 3.8) is 0 Å². The highest BCUT2D eigenvalue weighted by molar-refractivity contribution is 7.13. The number of aromatic nitrogens is 1.